The SMILES string of the molecule is COC1(C)CCCN(C(=O)c2cc(Cl)ccn2)C1. The normalized spacial score (nSPS) is 24.1. The van der Waals surface area contributed by atoms with Gasteiger partial charge in [-0.05, 0) is 31.9 Å². The second-order valence-corrected chi connectivity index (χ2v) is 5.28. The van der Waals surface area contributed by atoms with Gasteiger partial charge in [0.2, 0.25) is 0 Å². The van der Waals surface area contributed by atoms with Crippen molar-refractivity contribution in [2.45, 2.75) is 25.4 Å². The van der Waals surface area contributed by atoms with Crippen molar-refractivity contribution < 1.29 is 9.53 Å². The van der Waals surface area contributed by atoms with Crippen molar-refractivity contribution in [2.24, 2.45) is 0 Å². The standard InChI is InChI=1S/C13H17ClN2O2/c1-13(18-2)5-3-7-16(9-13)12(17)11-8-10(14)4-6-15-11/h4,6,8H,3,5,7,9H2,1-2H3. The Morgan fingerprint density at radius 3 is 3.06 bits per heavy atom. The summed E-state index contributed by atoms with van der Waals surface area (Å²) < 4.78 is 5.48. The molecule has 1 atom stereocenters. The Kier molecular flexibility index (Phi) is 3.88. The number of hydrogen-bond acceptors (Lipinski definition) is 3. The Bertz CT molecular complexity index is 452. The van der Waals surface area contributed by atoms with Gasteiger partial charge < -0.3 is 9.64 Å². The van der Waals surface area contributed by atoms with Crippen molar-refractivity contribution in [3.8, 4) is 0 Å². The number of hydrogen-bond donors (Lipinski definition) is 0. The van der Waals surface area contributed by atoms with Crippen LogP contribution < -0.4 is 0 Å². The van der Waals surface area contributed by atoms with Crippen molar-refractivity contribution in [1.29, 1.82) is 0 Å². The summed E-state index contributed by atoms with van der Waals surface area (Å²) in [5, 5.41) is 0.528. The van der Waals surface area contributed by atoms with Gasteiger partial charge in [-0.15, -0.1) is 0 Å². The molecule has 0 N–H and O–H groups in total. The predicted molar refractivity (Wildman–Crippen MR) is 69.8 cm³/mol. The van der Waals surface area contributed by atoms with E-state index in [9.17, 15) is 4.79 Å². The molecule has 1 aromatic rings. The number of pyridine rings is 1. The second-order valence-electron chi connectivity index (χ2n) is 4.84. The molecule has 2 rings (SSSR count). The van der Waals surface area contributed by atoms with E-state index >= 15 is 0 Å². The third kappa shape index (κ3) is 2.82. The maximum Gasteiger partial charge on any atom is 0.272 e. The molecule has 1 unspecified atom stereocenters. The number of amides is 1. The lowest BCUT2D eigenvalue weighted by molar-refractivity contribution is -0.0441. The fourth-order valence-electron chi connectivity index (χ4n) is 2.23. The zero-order valence-electron chi connectivity index (χ0n) is 10.6. The molecule has 1 aliphatic rings. The average Bonchev–Trinajstić information content (AvgIpc) is 2.38. The third-order valence-corrected chi connectivity index (χ3v) is 3.62. The van der Waals surface area contributed by atoms with E-state index in [2.05, 4.69) is 4.98 Å². The van der Waals surface area contributed by atoms with Crippen LogP contribution in [0.25, 0.3) is 0 Å². The minimum atomic E-state index is -0.257. The van der Waals surface area contributed by atoms with E-state index in [1.54, 1.807) is 30.3 Å². The average molecular weight is 269 g/mol. The zero-order valence-corrected chi connectivity index (χ0v) is 11.4. The van der Waals surface area contributed by atoms with Gasteiger partial charge in [-0.3, -0.25) is 9.78 Å². The van der Waals surface area contributed by atoms with E-state index in [0.29, 0.717) is 17.3 Å². The molecule has 98 valence electrons. The van der Waals surface area contributed by atoms with Crippen molar-refractivity contribution >= 4 is 17.5 Å². The molecule has 0 radical (unpaired) electrons. The Labute approximate surface area is 112 Å². The molecule has 1 aromatic heterocycles. The van der Waals surface area contributed by atoms with Gasteiger partial charge in [0.05, 0.1) is 5.60 Å². The molecule has 18 heavy (non-hydrogen) atoms. The van der Waals surface area contributed by atoms with Crippen LogP contribution in [0, 0.1) is 0 Å². The minimum Gasteiger partial charge on any atom is -0.377 e. The van der Waals surface area contributed by atoms with Crippen molar-refractivity contribution in [3.63, 3.8) is 0 Å². The fraction of sp³-hybridized carbons (Fsp3) is 0.538. The quantitative estimate of drug-likeness (QED) is 0.827. The van der Waals surface area contributed by atoms with Crippen LogP contribution in [0.1, 0.15) is 30.3 Å². The van der Waals surface area contributed by atoms with E-state index in [0.717, 1.165) is 19.4 Å². The fourth-order valence-corrected chi connectivity index (χ4v) is 2.39. The number of rotatable bonds is 2. The molecule has 2 heterocycles. The summed E-state index contributed by atoms with van der Waals surface area (Å²) in [6.07, 6.45) is 3.46. The molecule has 0 bridgehead atoms. The van der Waals surface area contributed by atoms with Crippen LogP contribution in [0.2, 0.25) is 5.02 Å². The monoisotopic (exact) mass is 268 g/mol. The molecule has 1 aliphatic heterocycles. The van der Waals surface area contributed by atoms with Gasteiger partial charge in [0, 0.05) is 31.4 Å². The molecule has 1 saturated heterocycles. The van der Waals surface area contributed by atoms with Crippen molar-refractivity contribution in [3.05, 3.63) is 29.0 Å². The topological polar surface area (TPSA) is 42.4 Å². The molecular formula is C13H17ClN2O2. The van der Waals surface area contributed by atoms with E-state index in [4.69, 9.17) is 16.3 Å². The number of methoxy groups -OCH3 is 1. The van der Waals surface area contributed by atoms with Crippen LogP contribution >= 0.6 is 11.6 Å². The van der Waals surface area contributed by atoms with E-state index < -0.39 is 0 Å². The molecule has 1 fully saturated rings. The van der Waals surface area contributed by atoms with Crippen molar-refractivity contribution in [1.82, 2.24) is 9.88 Å². The lowest BCUT2D eigenvalue weighted by Gasteiger charge is -2.39. The first-order valence-electron chi connectivity index (χ1n) is 6.00. The van der Waals surface area contributed by atoms with Gasteiger partial charge in [-0.1, -0.05) is 11.6 Å². The number of carbonyl (C=O) groups is 1. The van der Waals surface area contributed by atoms with Gasteiger partial charge in [0.1, 0.15) is 5.69 Å². The predicted octanol–water partition coefficient (Wildman–Crippen LogP) is 2.38. The summed E-state index contributed by atoms with van der Waals surface area (Å²) in [7, 11) is 1.69. The maximum absolute atomic E-state index is 12.3. The number of likely N-dealkylation sites (tertiary alicyclic amines) is 1. The molecule has 0 aliphatic carbocycles. The first-order chi connectivity index (χ1) is 8.54. The molecule has 0 saturated carbocycles. The third-order valence-electron chi connectivity index (χ3n) is 3.38. The summed E-state index contributed by atoms with van der Waals surface area (Å²) in [6, 6.07) is 3.26. The summed E-state index contributed by atoms with van der Waals surface area (Å²) in [4.78, 5) is 18.2. The number of halogens is 1. The summed E-state index contributed by atoms with van der Waals surface area (Å²) >= 11 is 5.88. The van der Waals surface area contributed by atoms with E-state index in [-0.39, 0.29) is 11.5 Å². The van der Waals surface area contributed by atoms with Gasteiger partial charge >= 0.3 is 0 Å². The van der Waals surface area contributed by atoms with Crippen LogP contribution in [-0.4, -0.2) is 41.6 Å². The van der Waals surface area contributed by atoms with Gasteiger partial charge in [-0.2, -0.15) is 0 Å². The Balaban J connectivity index is 2.14. The van der Waals surface area contributed by atoms with Gasteiger partial charge in [-0.25, -0.2) is 0 Å². The summed E-state index contributed by atoms with van der Waals surface area (Å²) in [6.45, 7) is 3.36. The number of nitrogens with zero attached hydrogens (tertiary/aromatic N) is 2. The molecule has 4 nitrogen and oxygen atoms in total. The first-order valence-corrected chi connectivity index (χ1v) is 6.38. The van der Waals surface area contributed by atoms with Crippen molar-refractivity contribution in [2.75, 3.05) is 20.2 Å². The number of carbonyl (C=O) groups excluding carboxylic acids is 1. The molecule has 1 amide bonds. The van der Waals surface area contributed by atoms with Gasteiger partial charge in [0.15, 0.2) is 0 Å². The van der Waals surface area contributed by atoms with Crippen LogP contribution in [0.3, 0.4) is 0 Å². The first kappa shape index (κ1) is 13.3. The molecule has 0 aromatic carbocycles. The van der Waals surface area contributed by atoms with Crippen LogP contribution in [-0.2, 0) is 4.74 Å². The molecule has 0 spiro atoms. The highest BCUT2D eigenvalue weighted by Crippen LogP contribution is 2.25. The largest absolute Gasteiger partial charge is 0.377 e. The lowest BCUT2D eigenvalue weighted by atomic mass is 9.94. The lowest BCUT2D eigenvalue weighted by Crippen LogP contribution is -2.49. The molecular weight excluding hydrogens is 252 g/mol. The Hall–Kier alpha value is -1.13. The van der Waals surface area contributed by atoms with Gasteiger partial charge in [0.25, 0.3) is 5.91 Å². The number of piperidine rings is 1. The second kappa shape index (κ2) is 5.24. The summed E-state index contributed by atoms with van der Waals surface area (Å²) in [5.41, 5.74) is 0.134. The minimum absolute atomic E-state index is 0.0829. The summed E-state index contributed by atoms with van der Waals surface area (Å²) in [5.74, 6) is -0.0829. The van der Waals surface area contributed by atoms with Crippen LogP contribution in [0.15, 0.2) is 18.3 Å². The Morgan fingerprint density at radius 1 is 1.61 bits per heavy atom. The van der Waals surface area contributed by atoms with E-state index in [1.807, 2.05) is 6.92 Å². The maximum atomic E-state index is 12.3. The van der Waals surface area contributed by atoms with E-state index in [1.165, 1.54) is 0 Å². The van der Waals surface area contributed by atoms with Crippen LogP contribution in [0.4, 0.5) is 0 Å². The van der Waals surface area contributed by atoms with Crippen LogP contribution in [0.5, 0.6) is 0 Å². The highest BCUT2D eigenvalue weighted by Gasteiger charge is 2.33. The zero-order chi connectivity index (χ0) is 13.2. The molecule has 5 heteroatoms. The highest BCUT2D eigenvalue weighted by atomic mass is 35.5. The smallest absolute Gasteiger partial charge is 0.272 e. The Morgan fingerprint density at radius 2 is 2.39 bits per heavy atom. The highest BCUT2D eigenvalue weighted by molar-refractivity contribution is 6.30. The number of ether oxygens (including phenoxy) is 1. The number of aromatic nitrogens is 1.